The number of para-hydroxylation sites is 1. The Bertz CT molecular complexity index is 1050. The second kappa shape index (κ2) is 11.4. The van der Waals surface area contributed by atoms with Gasteiger partial charge >= 0.3 is 0 Å². The first-order valence-corrected chi connectivity index (χ1v) is 10.3. The minimum absolute atomic E-state index is 0.0555. The molecule has 2 atom stereocenters. The third-order valence-electron chi connectivity index (χ3n) is 4.44. The number of rotatable bonds is 11. The van der Waals surface area contributed by atoms with Crippen LogP contribution < -0.4 is 31.4 Å². The van der Waals surface area contributed by atoms with Gasteiger partial charge in [0, 0.05) is 17.3 Å². The topological polar surface area (TPSA) is 144 Å². The normalized spacial score (nSPS) is 12.8. The molecule has 0 spiro atoms. The lowest BCUT2D eigenvalue weighted by Gasteiger charge is -2.19. The molecule has 0 radical (unpaired) electrons. The quantitative estimate of drug-likeness (QED) is 0.163. The zero-order chi connectivity index (χ0) is 22.9. The maximum absolute atomic E-state index is 12.2. The Hall–Kier alpha value is -3.18. The highest BCUT2D eigenvalue weighted by Crippen LogP contribution is 2.26. The van der Waals surface area contributed by atoms with Crippen molar-refractivity contribution in [2.75, 3.05) is 25.2 Å². The fourth-order valence-corrected chi connectivity index (χ4v) is 3.07. The fraction of sp³-hybridized carbons (Fsp3) is 0.286. The van der Waals surface area contributed by atoms with Crippen LogP contribution in [0.25, 0.3) is 10.8 Å². The molecule has 1 aromatic heterocycles. The van der Waals surface area contributed by atoms with E-state index in [9.17, 15) is 9.90 Å². The molecule has 2 aromatic carbocycles. The number of hydrazine groups is 1. The van der Waals surface area contributed by atoms with Crippen LogP contribution in [-0.2, 0) is 4.79 Å². The number of nitrogens with two attached hydrogens (primary N) is 1. The SMILES string of the molecule is CC(NCC(O)COc1ccccc1Cl)NC(=O)COc1nnc(NN)c2ccccc12. The number of ether oxygens (including phenoxy) is 2. The van der Waals surface area contributed by atoms with Crippen LogP contribution in [-0.4, -0.2) is 53.2 Å². The Morgan fingerprint density at radius 3 is 2.59 bits per heavy atom. The third kappa shape index (κ3) is 6.41. The lowest BCUT2D eigenvalue weighted by molar-refractivity contribution is -0.124. The summed E-state index contributed by atoms with van der Waals surface area (Å²) in [7, 11) is 0. The summed E-state index contributed by atoms with van der Waals surface area (Å²) in [6, 6.07) is 14.3. The Balaban J connectivity index is 1.42. The summed E-state index contributed by atoms with van der Waals surface area (Å²) in [6.45, 7) is 1.76. The molecule has 0 aliphatic heterocycles. The first kappa shape index (κ1) is 23.5. The van der Waals surface area contributed by atoms with Crippen molar-refractivity contribution in [3.63, 3.8) is 0 Å². The number of carbonyl (C=O) groups is 1. The number of halogens is 1. The minimum Gasteiger partial charge on any atom is -0.489 e. The van der Waals surface area contributed by atoms with Gasteiger partial charge in [0.05, 0.1) is 11.2 Å². The lowest BCUT2D eigenvalue weighted by atomic mass is 10.2. The standard InChI is InChI=1S/C21H25ClN6O4/c1-13(24-10-14(29)11-31-18-9-5-4-8-17(18)22)25-19(30)12-32-21-16-7-3-2-6-15(16)20(26-23)27-28-21/h2-9,13-14,24,29H,10-12,23H2,1H3,(H,25,30)(H,26,27). The predicted octanol–water partition coefficient (Wildman–Crippen LogP) is 1.44. The number of hydrogen-bond acceptors (Lipinski definition) is 9. The van der Waals surface area contributed by atoms with Gasteiger partial charge in [0.1, 0.15) is 18.5 Å². The zero-order valence-corrected chi connectivity index (χ0v) is 18.2. The van der Waals surface area contributed by atoms with E-state index < -0.39 is 12.3 Å². The molecule has 0 aliphatic carbocycles. The number of hydrogen-bond donors (Lipinski definition) is 5. The van der Waals surface area contributed by atoms with Crippen LogP contribution in [0.1, 0.15) is 6.92 Å². The van der Waals surface area contributed by atoms with Gasteiger partial charge in [0.15, 0.2) is 12.4 Å². The number of anilines is 1. The molecule has 0 fully saturated rings. The van der Waals surface area contributed by atoms with E-state index in [4.69, 9.17) is 26.9 Å². The van der Waals surface area contributed by atoms with Gasteiger partial charge in [0.25, 0.3) is 5.91 Å². The maximum atomic E-state index is 12.2. The number of fused-ring (bicyclic) bond motifs is 1. The molecule has 6 N–H and O–H groups in total. The average molecular weight is 461 g/mol. The third-order valence-corrected chi connectivity index (χ3v) is 4.75. The molecular weight excluding hydrogens is 436 g/mol. The van der Waals surface area contributed by atoms with Crippen LogP contribution in [0, 0.1) is 0 Å². The van der Waals surface area contributed by atoms with E-state index in [1.165, 1.54) is 0 Å². The average Bonchev–Trinajstić information content (AvgIpc) is 2.80. The van der Waals surface area contributed by atoms with Crippen molar-refractivity contribution in [3.8, 4) is 11.6 Å². The van der Waals surface area contributed by atoms with Gasteiger partial charge in [-0.15, -0.1) is 10.2 Å². The monoisotopic (exact) mass is 460 g/mol. The highest BCUT2D eigenvalue weighted by Gasteiger charge is 2.14. The van der Waals surface area contributed by atoms with Crippen LogP contribution in [0.4, 0.5) is 5.82 Å². The van der Waals surface area contributed by atoms with Gasteiger partial charge in [-0.2, -0.15) is 0 Å². The van der Waals surface area contributed by atoms with Crippen molar-refractivity contribution < 1.29 is 19.4 Å². The van der Waals surface area contributed by atoms with Gasteiger partial charge in [-0.3, -0.25) is 10.1 Å². The molecule has 3 rings (SSSR count). The fourth-order valence-electron chi connectivity index (χ4n) is 2.88. The Morgan fingerprint density at radius 1 is 1.12 bits per heavy atom. The number of carbonyl (C=O) groups excluding carboxylic acids is 1. The number of aliphatic hydroxyl groups excluding tert-OH is 1. The number of nitrogen functional groups attached to an aromatic ring is 1. The predicted molar refractivity (Wildman–Crippen MR) is 121 cm³/mol. The van der Waals surface area contributed by atoms with Gasteiger partial charge in [-0.05, 0) is 25.1 Å². The molecule has 3 aromatic rings. The Morgan fingerprint density at radius 2 is 1.84 bits per heavy atom. The van der Waals surface area contributed by atoms with E-state index in [1.54, 1.807) is 37.3 Å². The number of aromatic nitrogens is 2. The molecule has 2 unspecified atom stereocenters. The highest BCUT2D eigenvalue weighted by molar-refractivity contribution is 6.32. The van der Waals surface area contributed by atoms with Crippen molar-refractivity contribution in [3.05, 3.63) is 53.6 Å². The van der Waals surface area contributed by atoms with Crippen LogP contribution in [0.15, 0.2) is 48.5 Å². The molecule has 0 aliphatic rings. The number of amides is 1. The minimum atomic E-state index is -0.793. The van der Waals surface area contributed by atoms with E-state index in [-0.39, 0.29) is 31.5 Å². The summed E-state index contributed by atoms with van der Waals surface area (Å²) in [5.41, 5.74) is 2.48. The Kier molecular flexibility index (Phi) is 8.40. The molecule has 0 saturated carbocycles. The first-order chi connectivity index (χ1) is 15.5. The van der Waals surface area contributed by atoms with Crippen molar-refractivity contribution in [2.45, 2.75) is 19.2 Å². The van der Waals surface area contributed by atoms with Gasteiger partial charge < -0.3 is 25.3 Å². The smallest absolute Gasteiger partial charge is 0.259 e. The highest BCUT2D eigenvalue weighted by atomic mass is 35.5. The van der Waals surface area contributed by atoms with Crippen molar-refractivity contribution >= 4 is 34.1 Å². The van der Waals surface area contributed by atoms with Crippen LogP contribution in [0.2, 0.25) is 5.02 Å². The summed E-state index contributed by atoms with van der Waals surface area (Å²) >= 11 is 6.02. The van der Waals surface area contributed by atoms with Crippen molar-refractivity contribution in [1.82, 2.24) is 20.8 Å². The lowest BCUT2D eigenvalue weighted by Crippen LogP contribution is -2.48. The van der Waals surface area contributed by atoms with Crippen molar-refractivity contribution in [2.24, 2.45) is 5.84 Å². The largest absolute Gasteiger partial charge is 0.489 e. The summed E-state index contributed by atoms with van der Waals surface area (Å²) in [6.07, 6.45) is -1.20. The van der Waals surface area contributed by atoms with E-state index >= 15 is 0 Å². The van der Waals surface area contributed by atoms with Gasteiger partial charge in [-0.25, -0.2) is 5.84 Å². The Labute approximate surface area is 190 Å². The first-order valence-electron chi connectivity index (χ1n) is 9.91. The molecular formula is C21H25ClN6O4. The summed E-state index contributed by atoms with van der Waals surface area (Å²) in [5.74, 6) is 6.22. The van der Waals surface area contributed by atoms with E-state index in [2.05, 4.69) is 26.3 Å². The molecule has 0 saturated heterocycles. The number of nitrogens with zero attached hydrogens (tertiary/aromatic N) is 2. The zero-order valence-electron chi connectivity index (χ0n) is 17.4. The van der Waals surface area contributed by atoms with Crippen LogP contribution in [0.3, 0.4) is 0 Å². The number of aliphatic hydroxyl groups is 1. The molecule has 0 bridgehead atoms. The molecule has 32 heavy (non-hydrogen) atoms. The molecule has 10 nitrogen and oxygen atoms in total. The van der Waals surface area contributed by atoms with Crippen LogP contribution >= 0.6 is 11.6 Å². The molecule has 1 amide bonds. The molecule has 1 heterocycles. The molecule has 11 heteroatoms. The summed E-state index contributed by atoms with van der Waals surface area (Å²) in [4.78, 5) is 12.2. The number of benzene rings is 2. The number of nitrogens with one attached hydrogen (secondary N) is 3. The molecule has 170 valence electrons. The summed E-state index contributed by atoms with van der Waals surface area (Å²) in [5, 5.41) is 25.6. The maximum Gasteiger partial charge on any atom is 0.259 e. The van der Waals surface area contributed by atoms with E-state index in [0.717, 1.165) is 5.39 Å². The van der Waals surface area contributed by atoms with Gasteiger partial charge in [-0.1, -0.05) is 41.9 Å². The van der Waals surface area contributed by atoms with Crippen LogP contribution in [0.5, 0.6) is 11.6 Å². The van der Waals surface area contributed by atoms with E-state index in [0.29, 0.717) is 22.0 Å². The van der Waals surface area contributed by atoms with Crippen molar-refractivity contribution in [1.29, 1.82) is 0 Å². The second-order valence-electron chi connectivity index (χ2n) is 6.93. The van der Waals surface area contributed by atoms with Gasteiger partial charge in [0.2, 0.25) is 5.88 Å². The second-order valence-corrected chi connectivity index (χ2v) is 7.33. The summed E-state index contributed by atoms with van der Waals surface area (Å²) < 4.78 is 11.0. The van der Waals surface area contributed by atoms with E-state index in [1.807, 2.05) is 18.2 Å².